The molecule has 0 unspecified atom stereocenters. The van der Waals surface area contributed by atoms with Crippen LogP contribution >= 0.6 is 11.6 Å². The quantitative estimate of drug-likeness (QED) is 0.754. The molecule has 6 heteroatoms. The highest BCUT2D eigenvalue weighted by molar-refractivity contribution is 6.31. The van der Waals surface area contributed by atoms with Gasteiger partial charge in [0, 0.05) is 17.0 Å². The van der Waals surface area contributed by atoms with Crippen molar-refractivity contribution >= 4 is 17.4 Å². The summed E-state index contributed by atoms with van der Waals surface area (Å²) in [7, 11) is 0. The number of hydrogen-bond acceptors (Lipinski definition) is 1. The summed E-state index contributed by atoms with van der Waals surface area (Å²) in [5.74, 6) is -2.59. The minimum Gasteiger partial charge on any atom is -0.290 e. The van der Waals surface area contributed by atoms with Gasteiger partial charge in [-0.15, -0.1) is 0 Å². The number of ketones is 1. The molecule has 0 aliphatic heterocycles. The Balaban J connectivity index is 2.73. The van der Waals surface area contributed by atoms with Gasteiger partial charge in [0.2, 0.25) is 5.78 Å². The molecule has 16 heavy (non-hydrogen) atoms. The molecule has 0 aliphatic rings. The Bertz CT molecular complexity index is 380. The maximum absolute atomic E-state index is 13.1. The molecule has 0 N–H and O–H groups in total. The molecule has 0 saturated carbocycles. The highest BCUT2D eigenvalue weighted by atomic mass is 35.5. The van der Waals surface area contributed by atoms with Crippen molar-refractivity contribution in [3.05, 3.63) is 34.6 Å². The van der Waals surface area contributed by atoms with E-state index in [0.29, 0.717) is 0 Å². The topological polar surface area (TPSA) is 17.1 Å². The molecule has 0 aliphatic carbocycles. The van der Waals surface area contributed by atoms with Crippen LogP contribution in [-0.2, 0) is 11.2 Å². The number of carbonyl (C=O) groups excluding carboxylic acids is 1. The lowest BCUT2D eigenvalue weighted by Crippen LogP contribution is -2.23. The van der Waals surface area contributed by atoms with Crippen LogP contribution in [0, 0.1) is 5.82 Å². The van der Waals surface area contributed by atoms with Gasteiger partial charge in [-0.1, -0.05) is 17.7 Å². The van der Waals surface area contributed by atoms with E-state index >= 15 is 0 Å². The summed E-state index contributed by atoms with van der Waals surface area (Å²) in [6.45, 7) is 0. The Kier molecular flexibility index (Phi) is 3.91. The van der Waals surface area contributed by atoms with Crippen LogP contribution in [0.2, 0.25) is 5.02 Å². The minimum absolute atomic E-state index is 0.0231. The number of hydrogen-bond donors (Lipinski definition) is 0. The number of benzene rings is 1. The van der Waals surface area contributed by atoms with Gasteiger partial charge >= 0.3 is 6.18 Å². The maximum Gasteiger partial charge on any atom is 0.449 e. The van der Waals surface area contributed by atoms with Crippen LogP contribution in [0.15, 0.2) is 18.2 Å². The second-order valence-corrected chi connectivity index (χ2v) is 3.53. The third kappa shape index (κ3) is 3.20. The summed E-state index contributed by atoms with van der Waals surface area (Å²) in [5, 5.41) is 0.0231. The molecule has 1 aromatic carbocycles. The van der Waals surface area contributed by atoms with Crippen LogP contribution in [0.5, 0.6) is 0 Å². The van der Waals surface area contributed by atoms with E-state index in [-0.39, 0.29) is 17.0 Å². The number of halogens is 5. The second kappa shape index (κ2) is 4.82. The number of rotatable bonds is 3. The third-order valence-corrected chi connectivity index (χ3v) is 2.33. The first-order valence-corrected chi connectivity index (χ1v) is 4.73. The molecule has 1 rings (SSSR count). The first kappa shape index (κ1) is 13.0. The molecule has 0 radical (unpaired) electrons. The van der Waals surface area contributed by atoms with Gasteiger partial charge in [-0.25, -0.2) is 4.39 Å². The summed E-state index contributed by atoms with van der Waals surface area (Å²) in [6.07, 6.45) is -6.04. The molecule has 0 bridgehead atoms. The van der Waals surface area contributed by atoms with Crippen molar-refractivity contribution in [2.75, 3.05) is 0 Å². The highest BCUT2D eigenvalue weighted by Gasteiger charge is 2.37. The Morgan fingerprint density at radius 1 is 1.31 bits per heavy atom. The monoisotopic (exact) mass is 254 g/mol. The SMILES string of the molecule is O=C(CCc1c(F)cccc1Cl)C(F)(F)F. The number of Topliss-reactive ketones (excluding diaryl/α,β-unsaturated/α-hetero) is 1. The summed E-state index contributed by atoms with van der Waals surface area (Å²) in [4.78, 5) is 10.6. The van der Waals surface area contributed by atoms with Crippen LogP contribution in [0.3, 0.4) is 0 Å². The molecule has 0 amide bonds. The largest absolute Gasteiger partial charge is 0.449 e. The van der Waals surface area contributed by atoms with E-state index in [9.17, 15) is 22.4 Å². The van der Waals surface area contributed by atoms with Crippen molar-refractivity contribution in [2.45, 2.75) is 19.0 Å². The Morgan fingerprint density at radius 3 is 2.44 bits per heavy atom. The fourth-order valence-electron chi connectivity index (χ4n) is 1.15. The van der Waals surface area contributed by atoms with Crippen molar-refractivity contribution in [2.24, 2.45) is 0 Å². The van der Waals surface area contributed by atoms with E-state index in [4.69, 9.17) is 11.6 Å². The average Bonchev–Trinajstić information content (AvgIpc) is 2.15. The number of carbonyl (C=O) groups is 1. The predicted octanol–water partition coefficient (Wildman–Crippen LogP) is 3.54. The molecule has 1 aromatic rings. The van der Waals surface area contributed by atoms with E-state index in [1.165, 1.54) is 12.1 Å². The van der Waals surface area contributed by atoms with Crippen LogP contribution in [0.1, 0.15) is 12.0 Å². The molecule has 0 fully saturated rings. The van der Waals surface area contributed by atoms with Crippen molar-refractivity contribution in [1.29, 1.82) is 0 Å². The standard InChI is InChI=1S/C10H7ClF4O/c11-7-2-1-3-8(12)6(7)4-5-9(16)10(13,14)15/h1-3H,4-5H2. The lowest BCUT2D eigenvalue weighted by atomic mass is 10.1. The second-order valence-electron chi connectivity index (χ2n) is 3.12. The smallest absolute Gasteiger partial charge is 0.290 e. The third-order valence-electron chi connectivity index (χ3n) is 1.98. The normalized spacial score (nSPS) is 11.6. The molecular formula is C10H7ClF4O. The van der Waals surface area contributed by atoms with Crippen molar-refractivity contribution in [3.8, 4) is 0 Å². The summed E-state index contributed by atoms with van der Waals surface area (Å²) >= 11 is 5.59. The van der Waals surface area contributed by atoms with Crippen LogP contribution in [-0.4, -0.2) is 12.0 Å². The first-order valence-electron chi connectivity index (χ1n) is 4.35. The zero-order chi connectivity index (χ0) is 12.3. The Labute approximate surface area is 94.0 Å². The summed E-state index contributed by atoms with van der Waals surface area (Å²) in [5.41, 5.74) is -0.0678. The van der Waals surface area contributed by atoms with E-state index in [1.54, 1.807) is 0 Å². The molecule has 0 aromatic heterocycles. The van der Waals surface area contributed by atoms with Gasteiger partial charge in [-0.05, 0) is 18.6 Å². The van der Waals surface area contributed by atoms with Crippen LogP contribution < -0.4 is 0 Å². The van der Waals surface area contributed by atoms with Crippen molar-refractivity contribution in [3.63, 3.8) is 0 Å². The maximum atomic E-state index is 13.1. The molecule has 0 heterocycles. The first-order chi connectivity index (χ1) is 7.32. The average molecular weight is 255 g/mol. The van der Waals surface area contributed by atoms with Gasteiger partial charge < -0.3 is 0 Å². The van der Waals surface area contributed by atoms with Gasteiger partial charge in [-0.3, -0.25) is 4.79 Å². The van der Waals surface area contributed by atoms with Gasteiger partial charge in [0.25, 0.3) is 0 Å². The van der Waals surface area contributed by atoms with Crippen LogP contribution in [0.25, 0.3) is 0 Å². The fraction of sp³-hybridized carbons (Fsp3) is 0.300. The molecule has 0 spiro atoms. The van der Waals surface area contributed by atoms with Gasteiger partial charge in [0.1, 0.15) is 5.82 Å². The minimum atomic E-state index is -4.88. The molecular weight excluding hydrogens is 248 g/mol. The van der Waals surface area contributed by atoms with Gasteiger partial charge in [0.15, 0.2) is 0 Å². The van der Waals surface area contributed by atoms with E-state index in [1.807, 2.05) is 0 Å². The van der Waals surface area contributed by atoms with E-state index in [2.05, 4.69) is 0 Å². The Morgan fingerprint density at radius 2 is 1.94 bits per heavy atom. The van der Waals surface area contributed by atoms with Gasteiger partial charge in [0.05, 0.1) is 0 Å². The zero-order valence-electron chi connectivity index (χ0n) is 7.94. The fourth-order valence-corrected chi connectivity index (χ4v) is 1.41. The van der Waals surface area contributed by atoms with Gasteiger partial charge in [-0.2, -0.15) is 13.2 Å². The predicted molar refractivity (Wildman–Crippen MR) is 50.8 cm³/mol. The summed E-state index contributed by atoms with van der Waals surface area (Å²) in [6, 6.07) is 3.78. The van der Waals surface area contributed by atoms with Crippen LogP contribution in [0.4, 0.5) is 17.6 Å². The molecule has 0 atom stereocenters. The Hall–Kier alpha value is -1.10. The lowest BCUT2D eigenvalue weighted by molar-refractivity contribution is -0.171. The highest BCUT2D eigenvalue weighted by Crippen LogP contribution is 2.23. The van der Waals surface area contributed by atoms with E-state index < -0.39 is 24.2 Å². The van der Waals surface area contributed by atoms with Crippen molar-refractivity contribution < 1.29 is 22.4 Å². The molecule has 1 nitrogen and oxygen atoms in total. The lowest BCUT2D eigenvalue weighted by Gasteiger charge is -2.07. The number of alkyl halides is 3. The molecule has 88 valence electrons. The van der Waals surface area contributed by atoms with Crippen molar-refractivity contribution in [1.82, 2.24) is 0 Å². The van der Waals surface area contributed by atoms with E-state index in [0.717, 1.165) is 6.07 Å². The zero-order valence-corrected chi connectivity index (χ0v) is 8.70. The molecule has 0 saturated heterocycles. The summed E-state index contributed by atoms with van der Waals surface area (Å²) < 4.78 is 48.8.